The average Bonchev–Trinajstić information content (AvgIpc) is 2.52. The maximum absolute atomic E-state index is 12.0. The number of hydrogen-bond donors (Lipinski definition) is 3. The molecule has 0 aromatic heterocycles. The van der Waals surface area contributed by atoms with E-state index in [1.54, 1.807) is 24.3 Å². The van der Waals surface area contributed by atoms with Gasteiger partial charge in [0.25, 0.3) is 0 Å². The van der Waals surface area contributed by atoms with Crippen LogP contribution in [0.25, 0.3) is 0 Å². The summed E-state index contributed by atoms with van der Waals surface area (Å²) in [7, 11) is 0. The van der Waals surface area contributed by atoms with Crippen molar-refractivity contribution < 1.29 is 9.59 Å². The van der Waals surface area contributed by atoms with Crippen molar-refractivity contribution in [3.8, 4) is 0 Å². The van der Waals surface area contributed by atoms with Crippen LogP contribution in [0, 0.1) is 0 Å². The number of rotatable bonds is 4. The zero-order chi connectivity index (χ0) is 16.1. The molecular weight excluding hydrogens is 322 g/mol. The minimum atomic E-state index is -0.525. The predicted molar refractivity (Wildman–Crippen MR) is 90.1 cm³/mol. The number of carbonyl (C=O) groups is 2. The highest BCUT2D eigenvalue weighted by Gasteiger charge is 2.12. The first-order valence-corrected chi connectivity index (χ1v) is 7.16. The number of primary amides is 1. The Hall–Kier alpha value is -2.18. The molecule has 0 unspecified atom stereocenters. The molecule has 2 aromatic rings. The van der Waals surface area contributed by atoms with Crippen LogP contribution < -0.4 is 15.4 Å². The Kier molecular flexibility index (Phi) is 5.30. The van der Waals surface area contributed by atoms with Gasteiger partial charge in [-0.3, -0.25) is 4.79 Å². The van der Waals surface area contributed by atoms with Gasteiger partial charge in [0.05, 0.1) is 5.69 Å². The fourth-order valence-electron chi connectivity index (χ4n) is 1.78. The molecule has 5 nitrogen and oxygen atoms in total. The molecule has 0 aliphatic carbocycles. The first-order valence-electron chi connectivity index (χ1n) is 6.38. The van der Waals surface area contributed by atoms with Crippen molar-refractivity contribution in [3.63, 3.8) is 0 Å². The van der Waals surface area contributed by atoms with E-state index in [9.17, 15) is 9.59 Å². The zero-order valence-electron chi connectivity index (χ0n) is 11.5. The Morgan fingerprint density at radius 2 is 1.86 bits per heavy atom. The molecule has 0 aliphatic heterocycles. The van der Waals surface area contributed by atoms with Crippen LogP contribution in [-0.4, -0.2) is 11.9 Å². The first-order chi connectivity index (χ1) is 10.5. The number of thiol groups is 1. The van der Waals surface area contributed by atoms with Crippen LogP contribution in [0.1, 0.15) is 15.9 Å². The third kappa shape index (κ3) is 4.16. The number of nitrogens with two attached hydrogens (primary N) is 1. The number of urea groups is 1. The second kappa shape index (κ2) is 7.20. The molecule has 0 saturated heterocycles. The summed E-state index contributed by atoms with van der Waals surface area (Å²) in [6, 6.07) is 13.1. The van der Waals surface area contributed by atoms with Crippen molar-refractivity contribution in [3.05, 3.63) is 64.7 Å². The van der Waals surface area contributed by atoms with Crippen molar-refractivity contribution in [2.45, 2.75) is 6.54 Å². The average molecular weight is 336 g/mol. The molecule has 0 bridgehead atoms. The number of carbonyl (C=O) groups excluding carboxylic acids is 2. The fraction of sp³-hybridized carbons (Fsp3) is 0.0667. The van der Waals surface area contributed by atoms with Gasteiger partial charge in [-0.15, -0.1) is 0 Å². The minimum absolute atomic E-state index is 0.329. The molecular formula is C15H14ClN3O2S. The number of benzene rings is 2. The molecule has 2 rings (SSSR count). The molecule has 0 atom stereocenters. The van der Waals surface area contributed by atoms with E-state index in [0.717, 1.165) is 9.87 Å². The summed E-state index contributed by atoms with van der Waals surface area (Å²) in [5, 5.41) is 3.33. The van der Waals surface area contributed by atoms with Gasteiger partial charge >= 0.3 is 6.03 Å². The van der Waals surface area contributed by atoms with E-state index in [1.165, 1.54) is 12.1 Å². The summed E-state index contributed by atoms with van der Waals surface area (Å²) in [5.74, 6) is -0.525. The molecule has 3 N–H and O–H groups in total. The van der Waals surface area contributed by atoms with Gasteiger partial charge in [-0.05, 0) is 42.0 Å². The van der Waals surface area contributed by atoms with Gasteiger partial charge in [-0.1, -0.05) is 36.5 Å². The zero-order valence-corrected chi connectivity index (χ0v) is 13.1. The summed E-state index contributed by atoms with van der Waals surface area (Å²) < 4.78 is 1.15. The Labute approximate surface area is 138 Å². The largest absolute Gasteiger partial charge is 0.366 e. The van der Waals surface area contributed by atoms with E-state index < -0.39 is 11.9 Å². The van der Waals surface area contributed by atoms with E-state index in [1.807, 2.05) is 12.1 Å². The Bertz CT molecular complexity index is 691. The summed E-state index contributed by atoms with van der Waals surface area (Å²) in [4.78, 5) is 23.0. The van der Waals surface area contributed by atoms with Crippen LogP contribution in [0.2, 0.25) is 5.02 Å². The van der Waals surface area contributed by atoms with Gasteiger partial charge in [0.15, 0.2) is 0 Å². The highest BCUT2D eigenvalue weighted by atomic mass is 35.5. The van der Waals surface area contributed by atoms with Crippen LogP contribution in [-0.2, 0) is 6.54 Å². The highest BCUT2D eigenvalue weighted by Crippen LogP contribution is 2.17. The highest BCUT2D eigenvalue weighted by molar-refractivity contribution is 7.82. The van der Waals surface area contributed by atoms with E-state index in [0.29, 0.717) is 22.8 Å². The van der Waals surface area contributed by atoms with Crippen molar-refractivity contribution in [1.29, 1.82) is 0 Å². The molecule has 7 heteroatoms. The lowest BCUT2D eigenvalue weighted by atomic mass is 10.2. The van der Waals surface area contributed by atoms with E-state index in [-0.39, 0.29) is 0 Å². The summed E-state index contributed by atoms with van der Waals surface area (Å²) in [5.41, 5.74) is 6.93. The number of hydrogen-bond acceptors (Lipinski definition) is 3. The molecule has 114 valence electrons. The van der Waals surface area contributed by atoms with E-state index in [4.69, 9.17) is 17.3 Å². The number of anilines is 1. The van der Waals surface area contributed by atoms with Crippen molar-refractivity contribution in [1.82, 2.24) is 5.32 Å². The molecule has 0 fully saturated rings. The topological polar surface area (TPSA) is 75.4 Å². The van der Waals surface area contributed by atoms with E-state index >= 15 is 0 Å². The predicted octanol–water partition coefficient (Wildman–Crippen LogP) is 3.00. The number of nitrogens with one attached hydrogen (secondary N) is 1. The molecule has 0 radical (unpaired) electrons. The standard InChI is InChI=1S/C15H14ClN3O2S/c16-12-3-1-2-10(8-12)9-18-15(21)19(22)13-6-4-11(5-7-13)14(17)20/h1-8,22H,9H2,(H2,17,20)(H,18,21). The van der Waals surface area contributed by atoms with Gasteiger partial charge < -0.3 is 11.1 Å². The maximum atomic E-state index is 12.0. The maximum Gasteiger partial charge on any atom is 0.332 e. The third-order valence-corrected chi connectivity index (χ3v) is 3.57. The third-order valence-electron chi connectivity index (χ3n) is 2.92. The van der Waals surface area contributed by atoms with Crippen molar-refractivity contribution >= 4 is 42.0 Å². The van der Waals surface area contributed by atoms with Crippen LogP contribution in [0.5, 0.6) is 0 Å². The number of amides is 3. The summed E-state index contributed by atoms with van der Waals surface area (Å²) in [6.45, 7) is 0.329. The van der Waals surface area contributed by atoms with Crippen LogP contribution >= 0.6 is 24.4 Å². The smallest absolute Gasteiger partial charge is 0.332 e. The fourth-order valence-corrected chi connectivity index (χ4v) is 2.20. The SMILES string of the molecule is NC(=O)c1ccc(N(S)C(=O)NCc2cccc(Cl)c2)cc1. The van der Waals surface area contributed by atoms with Gasteiger partial charge in [0.1, 0.15) is 0 Å². The minimum Gasteiger partial charge on any atom is -0.366 e. The van der Waals surface area contributed by atoms with E-state index in [2.05, 4.69) is 18.1 Å². The second-order valence-corrected chi connectivity index (χ2v) is 5.35. The monoisotopic (exact) mass is 335 g/mol. The van der Waals surface area contributed by atoms with Crippen LogP contribution in [0.3, 0.4) is 0 Å². The Morgan fingerprint density at radius 1 is 1.18 bits per heavy atom. The number of nitrogens with zero attached hydrogens (tertiary/aromatic N) is 1. The summed E-state index contributed by atoms with van der Waals surface area (Å²) in [6.07, 6.45) is 0. The lowest BCUT2D eigenvalue weighted by molar-refractivity contribution is 0.100. The van der Waals surface area contributed by atoms with Gasteiger partial charge in [0.2, 0.25) is 5.91 Å². The first kappa shape index (κ1) is 16.2. The van der Waals surface area contributed by atoms with Crippen molar-refractivity contribution in [2.24, 2.45) is 5.73 Å². The van der Waals surface area contributed by atoms with Gasteiger partial charge in [-0.25, -0.2) is 9.10 Å². The van der Waals surface area contributed by atoms with Crippen molar-refractivity contribution in [2.75, 3.05) is 4.31 Å². The molecule has 0 spiro atoms. The second-order valence-electron chi connectivity index (χ2n) is 4.51. The van der Waals surface area contributed by atoms with Gasteiger partial charge in [-0.2, -0.15) is 0 Å². The molecule has 2 aromatic carbocycles. The molecule has 0 heterocycles. The molecule has 22 heavy (non-hydrogen) atoms. The lowest BCUT2D eigenvalue weighted by Crippen LogP contribution is -2.33. The summed E-state index contributed by atoms with van der Waals surface area (Å²) >= 11 is 10.0. The lowest BCUT2D eigenvalue weighted by Gasteiger charge is -2.16. The quantitative estimate of drug-likeness (QED) is 0.751. The Balaban J connectivity index is 1.98. The molecule has 0 saturated carbocycles. The number of halogens is 1. The van der Waals surface area contributed by atoms with Crippen LogP contribution in [0.4, 0.5) is 10.5 Å². The molecule has 3 amide bonds. The van der Waals surface area contributed by atoms with Gasteiger partial charge in [0, 0.05) is 17.1 Å². The van der Waals surface area contributed by atoms with Crippen LogP contribution in [0.15, 0.2) is 48.5 Å². The molecule has 0 aliphatic rings. The Morgan fingerprint density at radius 3 is 2.45 bits per heavy atom. The normalized spacial score (nSPS) is 10.1.